The Morgan fingerprint density at radius 1 is 1.14 bits per heavy atom. The van der Waals surface area contributed by atoms with Crippen LogP contribution in [0.25, 0.3) is 10.9 Å². The Morgan fingerprint density at radius 2 is 1.90 bits per heavy atom. The zero-order valence-corrected chi connectivity index (χ0v) is 18.7. The topological polar surface area (TPSA) is 81.3 Å². The fourth-order valence-electron chi connectivity index (χ4n) is 2.95. The number of aromatic nitrogens is 1. The van der Waals surface area contributed by atoms with Crippen LogP contribution in [0.5, 0.6) is 0 Å². The number of hydrogen-bond donors (Lipinski definition) is 4. The highest BCUT2D eigenvalue weighted by molar-refractivity contribution is 14.0. The molecule has 0 unspecified atom stereocenters. The molecular formula is C21H25FIN5O. The van der Waals surface area contributed by atoms with Gasteiger partial charge in [-0.2, -0.15) is 0 Å². The molecule has 3 aromatic rings. The fraction of sp³-hybridized carbons (Fsp3) is 0.238. The van der Waals surface area contributed by atoms with Crippen LogP contribution in [0.2, 0.25) is 0 Å². The van der Waals surface area contributed by atoms with Crippen LogP contribution >= 0.6 is 24.0 Å². The van der Waals surface area contributed by atoms with Crippen molar-refractivity contribution in [2.24, 2.45) is 4.99 Å². The van der Waals surface area contributed by atoms with Crippen LogP contribution in [0.4, 0.5) is 10.1 Å². The van der Waals surface area contributed by atoms with Gasteiger partial charge in [-0.25, -0.2) is 4.39 Å². The van der Waals surface area contributed by atoms with E-state index in [1.807, 2.05) is 6.20 Å². The number of carbonyl (C=O) groups excluding carboxylic acids is 1. The lowest BCUT2D eigenvalue weighted by Gasteiger charge is -2.12. The summed E-state index contributed by atoms with van der Waals surface area (Å²) in [4.78, 5) is 19.4. The molecule has 0 aliphatic rings. The molecule has 0 radical (unpaired) electrons. The van der Waals surface area contributed by atoms with Crippen molar-refractivity contribution < 1.29 is 9.18 Å². The molecule has 0 saturated carbocycles. The lowest BCUT2D eigenvalue weighted by Crippen LogP contribution is -2.42. The summed E-state index contributed by atoms with van der Waals surface area (Å²) >= 11 is 0. The first-order valence-electron chi connectivity index (χ1n) is 9.11. The number of anilines is 1. The van der Waals surface area contributed by atoms with Gasteiger partial charge in [0.05, 0.1) is 6.54 Å². The summed E-state index contributed by atoms with van der Waals surface area (Å²) in [6, 6.07) is 12.0. The van der Waals surface area contributed by atoms with Crippen LogP contribution < -0.4 is 16.0 Å². The van der Waals surface area contributed by atoms with Gasteiger partial charge in [-0.1, -0.05) is 12.1 Å². The Morgan fingerprint density at radius 3 is 2.62 bits per heavy atom. The largest absolute Gasteiger partial charge is 0.361 e. The van der Waals surface area contributed by atoms with Crippen molar-refractivity contribution in [1.82, 2.24) is 15.6 Å². The normalized spacial score (nSPS) is 11.1. The van der Waals surface area contributed by atoms with Crippen LogP contribution in [0.15, 0.2) is 53.7 Å². The number of H-pyrrole nitrogens is 1. The predicted octanol–water partition coefficient (Wildman–Crippen LogP) is 3.58. The minimum absolute atomic E-state index is 0. The van der Waals surface area contributed by atoms with E-state index in [1.165, 1.54) is 40.8 Å². The number of rotatable bonds is 6. The van der Waals surface area contributed by atoms with E-state index >= 15 is 0 Å². The van der Waals surface area contributed by atoms with E-state index in [0.29, 0.717) is 18.2 Å². The van der Waals surface area contributed by atoms with E-state index in [-0.39, 0.29) is 42.2 Å². The first-order valence-corrected chi connectivity index (χ1v) is 9.11. The van der Waals surface area contributed by atoms with Crippen molar-refractivity contribution in [3.8, 4) is 0 Å². The molecule has 1 amide bonds. The number of aryl methyl sites for hydroxylation is 1. The van der Waals surface area contributed by atoms with E-state index in [4.69, 9.17) is 0 Å². The third-order valence-electron chi connectivity index (χ3n) is 4.38. The van der Waals surface area contributed by atoms with Gasteiger partial charge in [0.25, 0.3) is 0 Å². The maximum atomic E-state index is 12.9. The lowest BCUT2D eigenvalue weighted by atomic mass is 10.1. The van der Waals surface area contributed by atoms with Gasteiger partial charge >= 0.3 is 0 Å². The molecule has 0 bridgehead atoms. The fourth-order valence-corrected chi connectivity index (χ4v) is 2.95. The molecule has 6 nitrogen and oxygen atoms in total. The van der Waals surface area contributed by atoms with E-state index in [1.54, 1.807) is 7.05 Å². The van der Waals surface area contributed by atoms with Gasteiger partial charge < -0.3 is 20.9 Å². The molecule has 0 saturated heterocycles. The number of aliphatic imine (C=N–C) groups is 1. The monoisotopic (exact) mass is 509 g/mol. The highest BCUT2D eigenvalue weighted by atomic mass is 127. The SMILES string of the molecule is CN=C(NCCc1c[nH]c2cc(C)ccc12)NCC(=O)Nc1ccc(F)cc1.I. The van der Waals surface area contributed by atoms with Gasteiger partial charge in [0.15, 0.2) is 5.96 Å². The standard InChI is InChI=1S/C21H24FN5O.HI/c1-14-3-8-18-15(12-25-19(18)11-14)9-10-24-21(23-2)26-13-20(28)27-17-6-4-16(22)5-7-17;/h3-8,11-12,25H,9-10,13H2,1-2H3,(H,27,28)(H2,23,24,26);1H. The molecular weight excluding hydrogens is 484 g/mol. The zero-order valence-electron chi connectivity index (χ0n) is 16.4. The Hall–Kier alpha value is -2.62. The second kappa shape index (κ2) is 10.8. The van der Waals surface area contributed by atoms with Gasteiger partial charge in [0.2, 0.25) is 5.91 Å². The number of amides is 1. The molecule has 0 fully saturated rings. The van der Waals surface area contributed by atoms with Crippen molar-refractivity contribution in [3.05, 3.63) is 65.6 Å². The third kappa shape index (κ3) is 6.45. The number of nitrogens with one attached hydrogen (secondary N) is 4. The van der Waals surface area contributed by atoms with Gasteiger partial charge in [-0.3, -0.25) is 9.79 Å². The van der Waals surface area contributed by atoms with Crippen molar-refractivity contribution in [1.29, 1.82) is 0 Å². The van der Waals surface area contributed by atoms with Crippen LogP contribution in [0, 0.1) is 12.7 Å². The van der Waals surface area contributed by atoms with E-state index in [0.717, 1.165) is 11.9 Å². The van der Waals surface area contributed by atoms with Gasteiger partial charge in [-0.05, 0) is 54.8 Å². The Bertz CT molecular complexity index is 984. The van der Waals surface area contributed by atoms with Crippen LogP contribution in [0.1, 0.15) is 11.1 Å². The lowest BCUT2D eigenvalue weighted by molar-refractivity contribution is -0.115. The second-order valence-electron chi connectivity index (χ2n) is 6.52. The molecule has 0 atom stereocenters. The molecule has 2 aromatic carbocycles. The molecule has 1 aromatic heterocycles. The van der Waals surface area contributed by atoms with Gasteiger partial charge in [0.1, 0.15) is 5.82 Å². The summed E-state index contributed by atoms with van der Waals surface area (Å²) in [5, 5.41) is 10.1. The van der Waals surface area contributed by atoms with Crippen molar-refractivity contribution in [2.45, 2.75) is 13.3 Å². The number of carbonyl (C=O) groups is 1. The minimum atomic E-state index is -0.342. The first kappa shape index (κ1) is 22.7. The predicted molar refractivity (Wildman–Crippen MR) is 127 cm³/mol. The second-order valence-corrected chi connectivity index (χ2v) is 6.52. The molecule has 0 aliphatic carbocycles. The van der Waals surface area contributed by atoms with Gasteiger partial charge in [-0.15, -0.1) is 24.0 Å². The average molecular weight is 509 g/mol. The number of aromatic amines is 1. The van der Waals surface area contributed by atoms with Crippen molar-refractivity contribution in [3.63, 3.8) is 0 Å². The van der Waals surface area contributed by atoms with Crippen LogP contribution in [-0.2, 0) is 11.2 Å². The molecule has 4 N–H and O–H groups in total. The molecule has 0 aliphatic heterocycles. The molecule has 0 spiro atoms. The summed E-state index contributed by atoms with van der Waals surface area (Å²) in [5.41, 5.74) is 4.13. The Kier molecular flexibility index (Phi) is 8.44. The number of benzene rings is 2. The summed E-state index contributed by atoms with van der Waals surface area (Å²) in [5.74, 6) is -0.0300. The smallest absolute Gasteiger partial charge is 0.243 e. The van der Waals surface area contributed by atoms with Crippen molar-refractivity contribution >= 4 is 52.4 Å². The highest BCUT2D eigenvalue weighted by Gasteiger charge is 2.06. The third-order valence-corrected chi connectivity index (χ3v) is 4.38. The summed E-state index contributed by atoms with van der Waals surface area (Å²) in [7, 11) is 1.65. The molecule has 29 heavy (non-hydrogen) atoms. The number of nitrogens with zero attached hydrogens (tertiary/aromatic N) is 1. The first-order chi connectivity index (χ1) is 13.5. The van der Waals surface area contributed by atoms with E-state index in [9.17, 15) is 9.18 Å². The summed E-state index contributed by atoms with van der Waals surface area (Å²) in [6.45, 7) is 2.81. The van der Waals surface area contributed by atoms with Gasteiger partial charge in [0, 0.05) is 36.4 Å². The quantitative estimate of drug-likeness (QED) is 0.233. The maximum absolute atomic E-state index is 12.9. The highest BCUT2D eigenvalue weighted by Crippen LogP contribution is 2.19. The maximum Gasteiger partial charge on any atom is 0.243 e. The number of halogens is 2. The molecule has 8 heteroatoms. The molecule has 3 rings (SSSR count). The number of hydrogen-bond acceptors (Lipinski definition) is 2. The average Bonchev–Trinajstić information content (AvgIpc) is 3.08. The minimum Gasteiger partial charge on any atom is -0.361 e. The molecule has 1 heterocycles. The molecule has 154 valence electrons. The van der Waals surface area contributed by atoms with E-state index < -0.39 is 0 Å². The van der Waals surface area contributed by atoms with Crippen molar-refractivity contribution in [2.75, 3.05) is 25.5 Å². The van der Waals surface area contributed by atoms with Crippen LogP contribution in [0.3, 0.4) is 0 Å². The summed E-state index contributed by atoms with van der Waals surface area (Å²) < 4.78 is 12.9. The number of fused-ring (bicyclic) bond motifs is 1. The van der Waals surface area contributed by atoms with Crippen LogP contribution in [-0.4, -0.2) is 37.0 Å². The van der Waals surface area contributed by atoms with E-state index in [2.05, 4.69) is 51.0 Å². The zero-order chi connectivity index (χ0) is 19.9. The Balaban J connectivity index is 0.00000300. The summed E-state index contributed by atoms with van der Waals surface area (Å²) in [6.07, 6.45) is 2.85. The number of guanidine groups is 1. The Labute approximate surface area is 186 Å².